The molecule has 4 nitrogen and oxygen atoms in total. The van der Waals surface area contributed by atoms with Crippen molar-refractivity contribution >= 4 is 27.7 Å². The molecule has 30 heavy (non-hydrogen) atoms. The highest BCUT2D eigenvalue weighted by molar-refractivity contribution is 8.09. The summed E-state index contributed by atoms with van der Waals surface area (Å²) in [7, 11) is 0. The first-order valence-electron chi connectivity index (χ1n) is 10.9. The van der Waals surface area contributed by atoms with Crippen LogP contribution in [0.1, 0.15) is 63.5 Å². The quantitative estimate of drug-likeness (QED) is 0.541. The number of imidazole rings is 1. The smallest absolute Gasteiger partial charge is 0.126 e. The molecule has 2 aliphatic heterocycles. The second-order valence-corrected chi connectivity index (χ2v) is 10.7. The minimum atomic E-state index is 0.139. The monoisotopic (exact) mass is 418 g/mol. The van der Waals surface area contributed by atoms with Crippen molar-refractivity contribution in [3.05, 3.63) is 71.7 Å². The van der Waals surface area contributed by atoms with Crippen molar-refractivity contribution in [2.75, 3.05) is 6.54 Å². The second kappa shape index (κ2) is 7.47. The van der Waals surface area contributed by atoms with Gasteiger partial charge in [0.25, 0.3) is 0 Å². The Labute approximate surface area is 183 Å². The van der Waals surface area contributed by atoms with Gasteiger partial charge in [-0.05, 0) is 48.4 Å². The fourth-order valence-electron chi connectivity index (χ4n) is 4.48. The van der Waals surface area contributed by atoms with Gasteiger partial charge in [0.05, 0.1) is 22.4 Å². The van der Waals surface area contributed by atoms with Crippen LogP contribution in [0.4, 0.5) is 0 Å². The molecule has 3 heterocycles. The van der Waals surface area contributed by atoms with E-state index in [0.717, 1.165) is 29.8 Å². The number of nitrogens with one attached hydrogen (secondary N) is 1. The Morgan fingerprint density at radius 1 is 1.10 bits per heavy atom. The molecule has 1 saturated heterocycles. The van der Waals surface area contributed by atoms with E-state index in [1.54, 1.807) is 0 Å². The Hall–Kier alpha value is -2.24. The van der Waals surface area contributed by atoms with Crippen LogP contribution in [0.3, 0.4) is 0 Å². The summed E-state index contributed by atoms with van der Waals surface area (Å²) in [6.45, 7) is 10.1. The number of fused-ring (bicyclic) bond motifs is 1. The Balaban J connectivity index is 1.44. The van der Waals surface area contributed by atoms with E-state index < -0.39 is 0 Å². The molecule has 0 aliphatic carbocycles. The van der Waals surface area contributed by atoms with E-state index in [1.165, 1.54) is 22.5 Å². The van der Waals surface area contributed by atoms with Gasteiger partial charge in [-0.3, -0.25) is 5.01 Å². The Morgan fingerprint density at radius 2 is 1.90 bits per heavy atom. The zero-order valence-corrected chi connectivity index (χ0v) is 19.0. The molecular weight excluding hydrogens is 388 g/mol. The van der Waals surface area contributed by atoms with Crippen LogP contribution in [0.15, 0.2) is 54.7 Å². The molecule has 1 aromatic heterocycles. The third-order valence-electron chi connectivity index (χ3n) is 6.18. The van der Waals surface area contributed by atoms with Gasteiger partial charge in [-0.2, -0.15) is 0 Å². The number of H-pyrrole nitrogens is 1. The highest BCUT2D eigenvalue weighted by Gasteiger charge is 2.36. The first kappa shape index (κ1) is 19.7. The SMILES string of the molecule is CC1SC(c2ccccc2)=CN1N1CCCC1c1nc2ccc(C(C)(C)C)cc2[nH]1. The third kappa shape index (κ3) is 3.54. The molecule has 2 atom stereocenters. The molecule has 1 fully saturated rings. The number of nitrogens with zero attached hydrogens (tertiary/aromatic N) is 3. The fraction of sp³-hybridized carbons (Fsp3) is 0.400. The van der Waals surface area contributed by atoms with Crippen LogP contribution in [-0.2, 0) is 5.41 Å². The first-order valence-corrected chi connectivity index (χ1v) is 11.8. The van der Waals surface area contributed by atoms with Gasteiger partial charge < -0.3 is 4.98 Å². The molecule has 3 aromatic rings. The van der Waals surface area contributed by atoms with E-state index in [1.807, 2.05) is 11.8 Å². The maximum atomic E-state index is 4.99. The number of benzene rings is 2. The molecule has 0 saturated carbocycles. The molecule has 5 heteroatoms. The van der Waals surface area contributed by atoms with Crippen molar-refractivity contribution in [2.45, 2.75) is 57.4 Å². The lowest BCUT2D eigenvalue weighted by molar-refractivity contribution is 0.00255. The van der Waals surface area contributed by atoms with E-state index >= 15 is 0 Å². The van der Waals surface area contributed by atoms with E-state index in [9.17, 15) is 0 Å². The van der Waals surface area contributed by atoms with Gasteiger partial charge >= 0.3 is 0 Å². The van der Waals surface area contributed by atoms with Crippen LogP contribution < -0.4 is 0 Å². The molecule has 2 aromatic carbocycles. The molecule has 156 valence electrons. The Bertz CT molecular complexity index is 1080. The number of aromatic nitrogens is 2. The van der Waals surface area contributed by atoms with E-state index in [-0.39, 0.29) is 5.41 Å². The average molecular weight is 419 g/mol. The summed E-state index contributed by atoms with van der Waals surface area (Å²) in [5.74, 6) is 1.09. The van der Waals surface area contributed by atoms with Crippen LogP contribution >= 0.6 is 11.8 Å². The number of aromatic amines is 1. The molecule has 0 bridgehead atoms. The maximum absolute atomic E-state index is 4.99. The van der Waals surface area contributed by atoms with Crippen molar-refractivity contribution < 1.29 is 0 Å². The summed E-state index contributed by atoms with van der Waals surface area (Å²) in [4.78, 5) is 9.99. The van der Waals surface area contributed by atoms with Gasteiger partial charge in [0, 0.05) is 17.6 Å². The van der Waals surface area contributed by atoms with E-state index in [2.05, 4.69) is 97.4 Å². The second-order valence-electron chi connectivity index (χ2n) is 9.38. The van der Waals surface area contributed by atoms with Gasteiger partial charge in [0.15, 0.2) is 0 Å². The predicted molar refractivity (Wildman–Crippen MR) is 127 cm³/mol. The normalized spacial score (nSPS) is 22.8. The maximum Gasteiger partial charge on any atom is 0.126 e. The lowest BCUT2D eigenvalue weighted by Crippen LogP contribution is -2.41. The molecule has 0 amide bonds. The summed E-state index contributed by atoms with van der Waals surface area (Å²) < 4.78 is 0. The van der Waals surface area contributed by atoms with Gasteiger partial charge in [0.1, 0.15) is 5.82 Å². The van der Waals surface area contributed by atoms with Gasteiger partial charge in [0.2, 0.25) is 0 Å². The predicted octanol–water partition coefficient (Wildman–Crippen LogP) is 6.31. The highest BCUT2D eigenvalue weighted by Crippen LogP contribution is 2.44. The first-order chi connectivity index (χ1) is 14.4. The summed E-state index contributed by atoms with van der Waals surface area (Å²) >= 11 is 1.94. The standard InChI is InChI=1S/C25H30N4S/c1-17-29(16-23(30-17)18-9-6-5-7-10-18)28-14-8-11-22(28)24-26-20-13-12-19(25(2,3)4)15-21(20)27-24/h5-7,9-10,12-13,15-17,22H,8,11,14H2,1-4H3,(H,26,27). The largest absolute Gasteiger partial charge is 0.341 e. The summed E-state index contributed by atoms with van der Waals surface area (Å²) in [5, 5.41) is 5.33. The number of hydrogen-bond acceptors (Lipinski definition) is 4. The topological polar surface area (TPSA) is 35.2 Å². The Kier molecular flexibility index (Phi) is 4.91. The lowest BCUT2D eigenvalue weighted by Gasteiger charge is -2.35. The van der Waals surface area contributed by atoms with Crippen molar-refractivity contribution in [3.63, 3.8) is 0 Å². The lowest BCUT2D eigenvalue weighted by atomic mass is 9.87. The molecular formula is C25H30N4S. The van der Waals surface area contributed by atoms with Crippen LogP contribution in [0, 0.1) is 0 Å². The molecule has 2 aliphatic rings. The van der Waals surface area contributed by atoms with E-state index in [4.69, 9.17) is 4.98 Å². The van der Waals surface area contributed by atoms with Gasteiger partial charge in [-0.1, -0.05) is 68.9 Å². The molecule has 1 N–H and O–H groups in total. The fourth-order valence-corrected chi connectivity index (χ4v) is 5.58. The van der Waals surface area contributed by atoms with Gasteiger partial charge in [-0.25, -0.2) is 9.99 Å². The summed E-state index contributed by atoms with van der Waals surface area (Å²) in [6.07, 6.45) is 4.65. The molecule has 0 spiro atoms. The Morgan fingerprint density at radius 3 is 2.67 bits per heavy atom. The van der Waals surface area contributed by atoms with Crippen LogP contribution in [0.2, 0.25) is 0 Å². The number of hydrogen-bond donors (Lipinski definition) is 1. The van der Waals surface area contributed by atoms with E-state index in [0.29, 0.717) is 11.4 Å². The molecule has 0 radical (unpaired) electrons. The molecule has 2 unspecified atom stereocenters. The van der Waals surface area contributed by atoms with Crippen LogP contribution in [0.5, 0.6) is 0 Å². The molecule has 5 rings (SSSR count). The highest BCUT2D eigenvalue weighted by atomic mass is 32.2. The zero-order chi connectivity index (χ0) is 20.9. The summed E-state index contributed by atoms with van der Waals surface area (Å²) in [5.41, 5.74) is 4.99. The zero-order valence-electron chi connectivity index (χ0n) is 18.2. The minimum Gasteiger partial charge on any atom is -0.341 e. The third-order valence-corrected chi connectivity index (χ3v) is 7.33. The van der Waals surface area contributed by atoms with Crippen molar-refractivity contribution in [1.82, 2.24) is 20.0 Å². The van der Waals surface area contributed by atoms with Crippen molar-refractivity contribution in [3.8, 4) is 0 Å². The van der Waals surface area contributed by atoms with Crippen LogP contribution in [-0.4, -0.2) is 31.9 Å². The average Bonchev–Trinajstić information content (AvgIpc) is 3.44. The number of rotatable bonds is 3. The minimum absolute atomic E-state index is 0.139. The van der Waals surface area contributed by atoms with Gasteiger partial charge in [-0.15, -0.1) is 0 Å². The summed E-state index contributed by atoms with van der Waals surface area (Å²) in [6, 6.07) is 17.6. The van der Waals surface area contributed by atoms with Crippen LogP contribution in [0.25, 0.3) is 15.9 Å². The number of hydrazine groups is 1. The number of thioether (sulfide) groups is 1. The van der Waals surface area contributed by atoms with Crippen molar-refractivity contribution in [1.29, 1.82) is 0 Å². The van der Waals surface area contributed by atoms with Crippen molar-refractivity contribution in [2.24, 2.45) is 0 Å².